The Hall–Kier alpha value is 0.1000. The van der Waals surface area contributed by atoms with Gasteiger partial charge in [-0.25, -0.2) is 0 Å². The maximum Gasteiger partial charge on any atom is 0.0582 e. The third-order valence-electron chi connectivity index (χ3n) is 2.24. The highest BCUT2D eigenvalue weighted by molar-refractivity contribution is 9.11. The van der Waals surface area contributed by atoms with Crippen LogP contribution in [0.5, 0.6) is 0 Å². The molecule has 2 N–H and O–H groups in total. The summed E-state index contributed by atoms with van der Waals surface area (Å²) in [6.45, 7) is 4.20. The van der Waals surface area contributed by atoms with Crippen LogP contribution in [0.2, 0.25) is 0 Å². The summed E-state index contributed by atoms with van der Waals surface area (Å²) in [5, 5.41) is 12.3. The summed E-state index contributed by atoms with van der Waals surface area (Å²) < 4.78 is 2.13. The molecule has 0 spiro atoms. The molecule has 4 heteroatoms. The Labute approximate surface area is 107 Å². The normalized spacial score (nSPS) is 15.0. The lowest BCUT2D eigenvalue weighted by Gasteiger charge is -2.19. The van der Waals surface area contributed by atoms with Gasteiger partial charge in [-0.2, -0.15) is 0 Å². The molecular formula is C11H15Br2NO. The molecule has 1 rings (SSSR count). The van der Waals surface area contributed by atoms with Crippen LogP contribution in [-0.2, 0) is 0 Å². The van der Waals surface area contributed by atoms with Gasteiger partial charge in [0.1, 0.15) is 0 Å². The molecule has 0 fully saturated rings. The van der Waals surface area contributed by atoms with Crippen molar-refractivity contribution in [2.24, 2.45) is 0 Å². The molecule has 0 heterocycles. The second kappa shape index (κ2) is 5.99. The Bertz CT molecular complexity index is 330. The highest BCUT2D eigenvalue weighted by Crippen LogP contribution is 2.26. The van der Waals surface area contributed by atoms with Crippen LogP contribution in [0.4, 0.5) is 0 Å². The predicted octanol–water partition coefficient (Wildman–Crippen LogP) is 3.24. The summed E-state index contributed by atoms with van der Waals surface area (Å²) >= 11 is 6.95. The van der Waals surface area contributed by atoms with Crippen LogP contribution in [0.3, 0.4) is 0 Å². The molecule has 84 valence electrons. The molecular weight excluding hydrogens is 322 g/mol. The van der Waals surface area contributed by atoms with Crippen molar-refractivity contribution in [3.05, 3.63) is 32.7 Å². The van der Waals surface area contributed by atoms with Gasteiger partial charge in [0.2, 0.25) is 0 Å². The second-order valence-electron chi connectivity index (χ2n) is 3.64. The Balaban J connectivity index is 2.77. The van der Waals surface area contributed by atoms with E-state index in [9.17, 15) is 0 Å². The van der Waals surface area contributed by atoms with E-state index < -0.39 is 0 Å². The van der Waals surface area contributed by atoms with Gasteiger partial charge in [0, 0.05) is 21.0 Å². The van der Waals surface area contributed by atoms with E-state index in [1.165, 1.54) is 5.56 Å². The molecule has 15 heavy (non-hydrogen) atoms. The summed E-state index contributed by atoms with van der Waals surface area (Å²) in [5.41, 5.74) is 1.19. The van der Waals surface area contributed by atoms with E-state index in [1.54, 1.807) is 0 Å². The fraction of sp³-hybridized carbons (Fsp3) is 0.455. The lowest BCUT2D eigenvalue weighted by Crippen LogP contribution is -2.31. The van der Waals surface area contributed by atoms with Gasteiger partial charge in [-0.05, 0) is 31.5 Å². The van der Waals surface area contributed by atoms with Crippen molar-refractivity contribution < 1.29 is 5.11 Å². The van der Waals surface area contributed by atoms with Crippen molar-refractivity contribution in [3.8, 4) is 0 Å². The third kappa shape index (κ3) is 3.87. The van der Waals surface area contributed by atoms with E-state index in [0.717, 1.165) is 8.95 Å². The molecule has 0 amide bonds. The van der Waals surface area contributed by atoms with Gasteiger partial charge in [-0.15, -0.1) is 0 Å². The minimum absolute atomic E-state index is 0.107. The number of hydrogen-bond acceptors (Lipinski definition) is 2. The Morgan fingerprint density at radius 1 is 1.33 bits per heavy atom. The van der Waals surface area contributed by atoms with E-state index in [1.807, 2.05) is 19.1 Å². The molecule has 1 aromatic carbocycles. The van der Waals surface area contributed by atoms with Crippen LogP contribution in [0.1, 0.15) is 25.5 Å². The highest BCUT2D eigenvalue weighted by atomic mass is 79.9. The Morgan fingerprint density at radius 3 is 2.53 bits per heavy atom. The zero-order valence-corrected chi connectivity index (χ0v) is 12.0. The monoisotopic (exact) mass is 335 g/mol. The molecule has 0 aliphatic rings. The number of aliphatic hydroxyl groups is 1. The third-order valence-corrected chi connectivity index (χ3v) is 3.42. The van der Waals surface area contributed by atoms with E-state index in [-0.39, 0.29) is 18.7 Å². The highest BCUT2D eigenvalue weighted by Gasteiger charge is 2.11. The predicted molar refractivity (Wildman–Crippen MR) is 69.9 cm³/mol. The summed E-state index contributed by atoms with van der Waals surface area (Å²) in [4.78, 5) is 0. The summed E-state index contributed by atoms with van der Waals surface area (Å²) in [7, 11) is 0. The molecule has 1 aromatic rings. The van der Waals surface area contributed by atoms with Gasteiger partial charge in [-0.1, -0.05) is 37.9 Å². The minimum Gasteiger partial charge on any atom is -0.395 e. The SMILES string of the molecule is CC(CO)NC(C)c1ccc(Br)cc1Br. The average molecular weight is 337 g/mol. The molecule has 2 nitrogen and oxygen atoms in total. The summed E-state index contributed by atoms with van der Waals surface area (Å²) in [5.74, 6) is 0. The number of rotatable bonds is 4. The van der Waals surface area contributed by atoms with Crippen molar-refractivity contribution in [2.75, 3.05) is 6.61 Å². The molecule has 0 aliphatic heterocycles. The second-order valence-corrected chi connectivity index (χ2v) is 5.41. The topological polar surface area (TPSA) is 32.3 Å². The Morgan fingerprint density at radius 2 is 2.00 bits per heavy atom. The average Bonchev–Trinajstić information content (AvgIpc) is 2.17. The quantitative estimate of drug-likeness (QED) is 0.884. The maximum atomic E-state index is 8.96. The van der Waals surface area contributed by atoms with Gasteiger partial charge in [0.05, 0.1) is 6.61 Å². The number of benzene rings is 1. The molecule has 0 radical (unpaired) electrons. The maximum absolute atomic E-state index is 8.96. The van der Waals surface area contributed by atoms with Crippen LogP contribution in [0.25, 0.3) is 0 Å². The number of nitrogens with one attached hydrogen (secondary N) is 1. The zero-order valence-electron chi connectivity index (χ0n) is 8.80. The smallest absolute Gasteiger partial charge is 0.0582 e. The summed E-state index contributed by atoms with van der Waals surface area (Å²) in [6, 6.07) is 6.43. The first-order valence-corrected chi connectivity index (χ1v) is 6.45. The first kappa shape index (κ1) is 13.2. The van der Waals surface area contributed by atoms with Crippen molar-refractivity contribution in [3.63, 3.8) is 0 Å². The molecule has 0 saturated carbocycles. The lowest BCUT2D eigenvalue weighted by atomic mass is 10.1. The van der Waals surface area contributed by atoms with Gasteiger partial charge >= 0.3 is 0 Å². The van der Waals surface area contributed by atoms with Gasteiger partial charge in [-0.3, -0.25) is 0 Å². The van der Waals surface area contributed by atoms with Gasteiger partial charge < -0.3 is 10.4 Å². The van der Waals surface area contributed by atoms with E-state index in [0.29, 0.717) is 0 Å². The molecule has 2 unspecified atom stereocenters. The van der Waals surface area contributed by atoms with Gasteiger partial charge in [0.15, 0.2) is 0 Å². The number of halogens is 2. The van der Waals surface area contributed by atoms with E-state index in [4.69, 9.17) is 5.11 Å². The largest absolute Gasteiger partial charge is 0.395 e. The first-order chi connectivity index (χ1) is 7.04. The van der Waals surface area contributed by atoms with Crippen LogP contribution in [-0.4, -0.2) is 17.8 Å². The number of hydrogen-bond donors (Lipinski definition) is 2. The van der Waals surface area contributed by atoms with E-state index >= 15 is 0 Å². The molecule has 0 aliphatic carbocycles. The zero-order chi connectivity index (χ0) is 11.4. The molecule has 0 aromatic heterocycles. The van der Waals surface area contributed by atoms with Crippen LogP contribution in [0.15, 0.2) is 27.1 Å². The van der Waals surface area contributed by atoms with Crippen LogP contribution in [0, 0.1) is 0 Å². The summed E-state index contributed by atoms with van der Waals surface area (Å²) in [6.07, 6.45) is 0. The molecule has 0 bridgehead atoms. The molecule has 2 atom stereocenters. The van der Waals surface area contributed by atoms with E-state index in [2.05, 4.69) is 50.2 Å². The standard InChI is InChI=1S/C11H15Br2NO/c1-7(6-15)14-8(2)10-4-3-9(12)5-11(10)13/h3-5,7-8,14-15H,6H2,1-2H3. The fourth-order valence-corrected chi connectivity index (χ4v) is 2.81. The van der Waals surface area contributed by atoms with Crippen molar-refractivity contribution in [1.29, 1.82) is 0 Å². The van der Waals surface area contributed by atoms with Crippen LogP contribution < -0.4 is 5.32 Å². The van der Waals surface area contributed by atoms with Crippen LogP contribution >= 0.6 is 31.9 Å². The fourth-order valence-electron chi connectivity index (χ4n) is 1.42. The van der Waals surface area contributed by atoms with Crippen molar-refractivity contribution >= 4 is 31.9 Å². The number of aliphatic hydroxyl groups excluding tert-OH is 1. The van der Waals surface area contributed by atoms with Crippen molar-refractivity contribution in [2.45, 2.75) is 25.9 Å². The van der Waals surface area contributed by atoms with Gasteiger partial charge in [0.25, 0.3) is 0 Å². The van der Waals surface area contributed by atoms with Crippen molar-refractivity contribution in [1.82, 2.24) is 5.32 Å². The lowest BCUT2D eigenvalue weighted by molar-refractivity contribution is 0.243. The molecule has 0 saturated heterocycles. The Kier molecular flexibility index (Phi) is 5.26. The first-order valence-electron chi connectivity index (χ1n) is 4.86. The minimum atomic E-state index is 0.107.